The fourth-order valence-electron chi connectivity index (χ4n) is 2.07. The van der Waals surface area contributed by atoms with E-state index in [2.05, 4.69) is 20.8 Å². The van der Waals surface area contributed by atoms with Crippen LogP contribution in [0.2, 0.25) is 0 Å². The largest absolute Gasteiger partial charge is 0.339 e. The average molecular weight is 340 g/mol. The fraction of sp³-hybridized carbons (Fsp3) is 0.0556. The number of nitrogens with zero attached hydrogens (tertiary/aromatic N) is 2. The summed E-state index contributed by atoms with van der Waals surface area (Å²) in [4.78, 5) is 12.1. The van der Waals surface area contributed by atoms with Crippen molar-refractivity contribution in [2.75, 3.05) is 10.6 Å². The van der Waals surface area contributed by atoms with E-state index in [4.69, 9.17) is 0 Å². The number of amides is 1. The van der Waals surface area contributed by atoms with Crippen LogP contribution in [0.4, 0.5) is 26.0 Å². The van der Waals surface area contributed by atoms with Crippen molar-refractivity contribution in [3.63, 3.8) is 0 Å². The molecule has 0 aliphatic heterocycles. The van der Waals surface area contributed by atoms with Gasteiger partial charge in [-0.3, -0.25) is 4.79 Å². The van der Waals surface area contributed by atoms with Gasteiger partial charge in [0.25, 0.3) is 5.91 Å². The maximum absolute atomic E-state index is 13.2. The van der Waals surface area contributed by atoms with Gasteiger partial charge < -0.3 is 10.6 Å². The Hall–Kier alpha value is -3.35. The summed E-state index contributed by atoms with van der Waals surface area (Å²) in [7, 11) is 0. The Bertz CT molecular complexity index is 896. The lowest BCUT2D eigenvalue weighted by molar-refractivity contribution is 0.102. The van der Waals surface area contributed by atoms with E-state index < -0.39 is 17.5 Å². The summed E-state index contributed by atoms with van der Waals surface area (Å²) in [6.07, 6.45) is 0. The van der Waals surface area contributed by atoms with Gasteiger partial charge in [-0.15, -0.1) is 10.2 Å². The van der Waals surface area contributed by atoms with Crippen molar-refractivity contribution in [2.45, 2.75) is 6.92 Å². The zero-order valence-electron chi connectivity index (χ0n) is 13.3. The molecule has 2 aromatic carbocycles. The highest BCUT2D eigenvalue weighted by Crippen LogP contribution is 2.17. The van der Waals surface area contributed by atoms with Gasteiger partial charge in [-0.1, -0.05) is 17.7 Å². The zero-order valence-corrected chi connectivity index (χ0v) is 13.3. The molecule has 0 aliphatic rings. The molecule has 5 nitrogen and oxygen atoms in total. The van der Waals surface area contributed by atoms with Crippen molar-refractivity contribution in [3.05, 3.63) is 77.5 Å². The van der Waals surface area contributed by atoms with E-state index in [-0.39, 0.29) is 5.69 Å². The fourth-order valence-corrected chi connectivity index (χ4v) is 2.07. The molecule has 0 bridgehead atoms. The second-order valence-corrected chi connectivity index (χ2v) is 5.38. The number of hydrogen-bond donors (Lipinski definition) is 2. The molecule has 25 heavy (non-hydrogen) atoms. The first kappa shape index (κ1) is 16.5. The molecule has 7 heteroatoms. The topological polar surface area (TPSA) is 66.9 Å². The van der Waals surface area contributed by atoms with Crippen molar-refractivity contribution in [3.8, 4) is 0 Å². The molecule has 3 rings (SSSR count). The Kier molecular flexibility index (Phi) is 4.65. The summed E-state index contributed by atoms with van der Waals surface area (Å²) >= 11 is 0. The van der Waals surface area contributed by atoms with Gasteiger partial charge in [0, 0.05) is 17.4 Å². The van der Waals surface area contributed by atoms with Crippen LogP contribution < -0.4 is 10.6 Å². The molecule has 126 valence electrons. The Morgan fingerprint density at radius 3 is 2.24 bits per heavy atom. The molecule has 0 saturated heterocycles. The van der Waals surface area contributed by atoms with E-state index in [1.807, 2.05) is 19.1 Å². The SMILES string of the molecule is Cc1ccc(NC(=O)c2ccc(Nc3ccc(F)c(F)c3)nn2)cc1. The summed E-state index contributed by atoms with van der Waals surface area (Å²) in [5.41, 5.74) is 2.20. The van der Waals surface area contributed by atoms with Crippen molar-refractivity contribution < 1.29 is 13.6 Å². The molecule has 1 amide bonds. The van der Waals surface area contributed by atoms with Crippen molar-refractivity contribution >= 4 is 23.1 Å². The van der Waals surface area contributed by atoms with E-state index in [9.17, 15) is 13.6 Å². The Balaban J connectivity index is 1.67. The van der Waals surface area contributed by atoms with Crippen LogP contribution >= 0.6 is 0 Å². The summed E-state index contributed by atoms with van der Waals surface area (Å²) in [6.45, 7) is 1.95. The number of carbonyl (C=O) groups is 1. The van der Waals surface area contributed by atoms with Crippen LogP contribution in [0.1, 0.15) is 16.1 Å². The molecule has 1 heterocycles. The van der Waals surface area contributed by atoms with Gasteiger partial charge in [0.1, 0.15) is 0 Å². The van der Waals surface area contributed by atoms with Gasteiger partial charge in [-0.2, -0.15) is 0 Å². The van der Waals surface area contributed by atoms with Gasteiger partial charge in [0.2, 0.25) is 0 Å². The van der Waals surface area contributed by atoms with Crippen LogP contribution in [-0.2, 0) is 0 Å². The highest BCUT2D eigenvalue weighted by atomic mass is 19.2. The van der Waals surface area contributed by atoms with Crippen molar-refractivity contribution in [2.24, 2.45) is 0 Å². The smallest absolute Gasteiger partial charge is 0.276 e. The summed E-state index contributed by atoms with van der Waals surface area (Å²) in [5, 5.41) is 13.2. The Labute approximate surface area is 142 Å². The minimum atomic E-state index is -0.966. The van der Waals surface area contributed by atoms with Crippen LogP contribution in [0.5, 0.6) is 0 Å². The number of hydrogen-bond acceptors (Lipinski definition) is 4. The minimum absolute atomic E-state index is 0.136. The number of carbonyl (C=O) groups excluding carboxylic acids is 1. The normalized spacial score (nSPS) is 10.4. The van der Waals surface area contributed by atoms with Crippen molar-refractivity contribution in [1.29, 1.82) is 0 Å². The van der Waals surface area contributed by atoms with Gasteiger partial charge in [0.05, 0.1) is 0 Å². The van der Waals surface area contributed by atoms with Crippen LogP contribution in [0.25, 0.3) is 0 Å². The minimum Gasteiger partial charge on any atom is -0.339 e. The van der Waals surface area contributed by atoms with E-state index in [1.165, 1.54) is 18.2 Å². The molecule has 0 saturated carbocycles. The average Bonchev–Trinajstić information content (AvgIpc) is 2.61. The van der Waals surface area contributed by atoms with Crippen molar-refractivity contribution in [1.82, 2.24) is 10.2 Å². The zero-order chi connectivity index (χ0) is 17.8. The summed E-state index contributed by atoms with van der Waals surface area (Å²) < 4.78 is 26.1. The van der Waals surface area contributed by atoms with E-state index >= 15 is 0 Å². The molecule has 0 fully saturated rings. The standard InChI is InChI=1S/C18H14F2N4O/c1-11-2-4-12(5-3-11)22-18(25)16-8-9-17(24-23-16)21-13-6-7-14(19)15(20)10-13/h2-10H,1H3,(H,21,24)(H,22,25). The number of nitrogens with one attached hydrogen (secondary N) is 2. The first-order valence-electron chi connectivity index (χ1n) is 7.45. The number of aryl methyl sites for hydroxylation is 1. The molecule has 2 N–H and O–H groups in total. The molecular formula is C18H14F2N4O. The van der Waals surface area contributed by atoms with E-state index in [1.54, 1.807) is 12.1 Å². The van der Waals surface area contributed by atoms with Gasteiger partial charge in [-0.25, -0.2) is 8.78 Å². The van der Waals surface area contributed by atoms with Gasteiger partial charge in [-0.05, 0) is 43.3 Å². The summed E-state index contributed by atoms with van der Waals surface area (Å²) in [5.74, 6) is -1.99. The third kappa shape index (κ3) is 4.14. The molecule has 0 radical (unpaired) electrons. The van der Waals surface area contributed by atoms with Gasteiger partial charge in [0.15, 0.2) is 23.1 Å². The molecular weight excluding hydrogens is 326 g/mol. The van der Waals surface area contributed by atoms with E-state index in [0.29, 0.717) is 17.2 Å². The number of aromatic nitrogens is 2. The lowest BCUT2D eigenvalue weighted by atomic mass is 10.2. The lowest BCUT2D eigenvalue weighted by Gasteiger charge is -2.07. The maximum Gasteiger partial charge on any atom is 0.276 e. The monoisotopic (exact) mass is 340 g/mol. The molecule has 0 atom stereocenters. The van der Waals surface area contributed by atoms with Crippen LogP contribution in [-0.4, -0.2) is 16.1 Å². The number of rotatable bonds is 4. The molecule has 3 aromatic rings. The second-order valence-electron chi connectivity index (χ2n) is 5.38. The first-order valence-corrected chi connectivity index (χ1v) is 7.45. The van der Waals surface area contributed by atoms with Gasteiger partial charge >= 0.3 is 0 Å². The van der Waals surface area contributed by atoms with Crippen LogP contribution in [0, 0.1) is 18.6 Å². The molecule has 1 aromatic heterocycles. The third-order valence-corrected chi connectivity index (χ3v) is 3.40. The predicted octanol–water partition coefficient (Wildman–Crippen LogP) is 4.06. The van der Waals surface area contributed by atoms with E-state index in [0.717, 1.165) is 17.7 Å². The number of halogens is 2. The van der Waals surface area contributed by atoms with Crippen LogP contribution in [0.15, 0.2) is 54.6 Å². The summed E-state index contributed by atoms with van der Waals surface area (Å²) in [6, 6.07) is 13.8. The maximum atomic E-state index is 13.2. The Morgan fingerprint density at radius 1 is 0.880 bits per heavy atom. The lowest BCUT2D eigenvalue weighted by Crippen LogP contribution is -2.14. The molecule has 0 aliphatic carbocycles. The third-order valence-electron chi connectivity index (χ3n) is 3.40. The number of anilines is 3. The quantitative estimate of drug-likeness (QED) is 0.752. The van der Waals surface area contributed by atoms with Crippen LogP contribution in [0.3, 0.4) is 0 Å². The molecule has 0 unspecified atom stereocenters. The highest BCUT2D eigenvalue weighted by Gasteiger charge is 2.09. The second kappa shape index (κ2) is 7.04. The number of benzene rings is 2. The predicted molar refractivity (Wildman–Crippen MR) is 90.8 cm³/mol. The first-order chi connectivity index (χ1) is 12.0. The highest BCUT2D eigenvalue weighted by molar-refractivity contribution is 6.02. The Morgan fingerprint density at radius 2 is 1.60 bits per heavy atom. The molecule has 0 spiro atoms.